The number of carboxylic acid groups (broad SMARTS) is 2. The van der Waals surface area contributed by atoms with Crippen molar-refractivity contribution in [3.63, 3.8) is 0 Å². The second-order valence-corrected chi connectivity index (χ2v) is 3.94. The van der Waals surface area contributed by atoms with Crippen LogP contribution >= 0.6 is 0 Å². The van der Waals surface area contributed by atoms with E-state index in [9.17, 15) is 14.4 Å². The molecule has 0 saturated carbocycles. The van der Waals surface area contributed by atoms with Crippen LogP contribution in [0.5, 0.6) is 0 Å². The lowest BCUT2D eigenvalue weighted by molar-refractivity contribution is -0.139. The van der Waals surface area contributed by atoms with Crippen molar-refractivity contribution in [1.29, 1.82) is 0 Å². The van der Waals surface area contributed by atoms with Gasteiger partial charge in [0.1, 0.15) is 12.1 Å². The molecule has 1 saturated heterocycles. The minimum absolute atomic E-state index is 0.0213. The molecule has 0 aromatic carbocycles. The Kier molecular flexibility index (Phi) is 7.64. The summed E-state index contributed by atoms with van der Waals surface area (Å²) in [5.74, 6) is -2.36. The van der Waals surface area contributed by atoms with Gasteiger partial charge in [0.25, 0.3) is 0 Å². The summed E-state index contributed by atoms with van der Waals surface area (Å²) < 4.78 is 0. The van der Waals surface area contributed by atoms with Crippen molar-refractivity contribution in [2.45, 2.75) is 37.8 Å². The van der Waals surface area contributed by atoms with Crippen molar-refractivity contribution in [3.05, 3.63) is 0 Å². The Hall–Kier alpha value is -1.67. The van der Waals surface area contributed by atoms with Gasteiger partial charge in [0.2, 0.25) is 5.91 Å². The minimum atomic E-state index is -1.11. The second-order valence-electron chi connectivity index (χ2n) is 3.94. The van der Waals surface area contributed by atoms with E-state index in [1.54, 1.807) is 0 Å². The second kappa shape index (κ2) is 8.43. The first-order valence-corrected chi connectivity index (χ1v) is 5.57. The third kappa shape index (κ3) is 7.58. The van der Waals surface area contributed by atoms with E-state index in [4.69, 9.17) is 21.7 Å². The lowest BCUT2D eigenvalue weighted by Crippen LogP contribution is -2.31. The van der Waals surface area contributed by atoms with Crippen LogP contribution < -0.4 is 16.8 Å². The third-order valence-electron chi connectivity index (χ3n) is 2.38. The van der Waals surface area contributed by atoms with Gasteiger partial charge in [-0.2, -0.15) is 0 Å². The summed E-state index contributed by atoms with van der Waals surface area (Å²) in [6.45, 7) is 0.858. The van der Waals surface area contributed by atoms with Gasteiger partial charge in [-0.1, -0.05) is 0 Å². The first-order chi connectivity index (χ1) is 8.34. The van der Waals surface area contributed by atoms with Crippen molar-refractivity contribution < 1.29 is 24.6 Å². The lowest BCUT2D eigenvalue weighted by Gasteiger charge is -2.01. The normalized spacial score (nSPS) is 19.5. The molecule has 0 radical (unpaired) electrons. The van der Waals surface area contributed by atoms with E-state index in [2.05, 4.69) is 5.32 Å². The number of carbonyl (C=O) groups is 3. The zero-order valence-electron chi connectivity index (χ0n) is 9.96. The van der Waals surface area contributed by atoms with Crippen LogP contribution in [0.25, 0.3) is 0 Å². The van der Waals surface area contributed by atoms with Crippen LogP contribution in [-0.2, 0) is 14.4 Å². The van der Waals surface area contributed by atoms with Gasteiger partial charge in [-0.15, -0.1) is 0 Å². The molecule has 1 rings (SSSR count). The highest BCUT2D eigenvalue weighted by molar-refractivity contribution is 5.77. The molecule has 2 atom stereocenters. The maximum atomic E-state index is 10.1. The van der Waals surface area contributed by atoms with Crippen LogP contribution in [0, 0.1) is 0 Å². The molecule has 8 nitrogen and oxygen atoms in total. The van der Waals surface area contributed by atoms with E-state index < -0.39 is 23.9 Å². The quantitative estimate of drug-likeness (QED) is 0.402. The molecule has 18 heavy (non-hydrogen) atoms. The maximum Gasteiger partial charge on any atom is 0.320 e. The standard InChI is InChI=1S/C5H10N2O3.C5H9NO2/c6-3(5(9)10)1-2-4(7)8;7-5(8)4-2-1-3-6-4/h3H,1-2,6H2,(H2,7,8)(H,9,10);4,6H,1-3H2,(H,7,8)/t3-;/m0./s1. The molecule has 0 bridgehead atoms. The summed E-state index contributed by atoms with van der Waals surface area (Å²) in [5.41, 5.74) is 9.81. The Morgan fingerprint density at radius 3 is 2.22 bits per heavy atom. The number of carbonyl (C=O) groups excluding carboxylic acids is 1. The molecule has 7 N–H and O–H groups in total. The molecule has 1 fully saturated rings. The van der Waals surface area contributed by atoms with E-state index in [1.165, 1.54) is 0 Å². The summed E-state index contributed by atoms with van der Waals surface area (Å²) >= 11 is 0. The highest BCUT2D eigenvalue weighted by Crippen LogP contribution is 2.03. The maximum absolute atomic E-state index is 10.1. The van der Waals surface area contributed by atoms with Crippen molar-refractivity contribution in [3.8, 4) is 0 Å². The van der Waals surface area contributed by atoms with Crippen LogP contribution in [0.4, 0.5) is 0 Å². The first-order valence-electron chi connectivity index (χ1n) is 5.57. The summed E-state index contributed by atoms with van der Waals surface area (Å²) in [4.78, 5) is 30.3. The molecule has 1 aliphatic rings. The predicted octanol–water partition coefficient (Wildman–Crippen LogP) is -1.51. The number of hydrogen-bond acceptors (Lipinski definition) is 5. The highest BCUT2D eigenvalue weighted by Gasteiger charge is 2.20. The fourth-order valence-corrected chi connectivity index (χ4v) is 1.32. The fraction of sp³-hybridized carbons (Fsp3) is 0.700. The van der Waals surface area contributed by atoms with Gasteiger partial charge in [-0.25, -0.2) is 0 Å². The van der Waals surface area contributed by atoms with E-state index in [1.807, 2.05) is 0 Å². The van der Waals surface area contributed by atoms with Crippen molar-refractivity contribution in [1.82, 2.24) is 5.32 Å². The molecule has 0 aliphatic carbocycles. The summed E-state index contributed by atoms with van der Waals surface area (Å²) in [7, 11) is 0. The average Bonchev–Trinajstić information content (AvgIpc) is 2.79. The Morgan fingerprint density at radius 2 is 1.94 bits per heavy atom. The van der Waals surface area contributed by atoms with E-state index in [-0.39, 0.29) is 18.9 Å². The van der Waals surface area contributed by atoms with Gasteiger partial charge in [-0.05, 0) is 25.8 Å². The van der Waals surface area contributed by atoms with Crippen LogP contribution in [-0.4, -0.2) is 46.7 Å². The van der Waals surface area contributed by atoms with Gasteiger partial charge in [0.05, 0.1) is 0 Å². The molecule has 1 unspecified atom stereocenters. The van der Waals surface area contributed by atoms with Gasteiger partial charge in [0.15, 0.2) is 0 Å². The Labute approximate surface area is 104 Å². The van der Waals surface area contributed by atoms with Crippen molar-refractivity contribution >= 4 is 17.8 Å². The monoisotopic (exact) mass is 261 g/mol. The number of nitrogens with two attached hydrogens (primary N) is 2. The number of amides is 1. The van der Waals surface area contributed by atoms with Crippen LogP contribution in [0.2, 0.25) is 0 Å². The zero-order valence-corrected chi connectivity index (χ0v) is 9.96. The number of rotatable bonds is 5. The molecule has 0 aromatic rings. The smallest absolute Gasteiger partial charge is 0.320 e. The lowest BCUT2D eigenvalue weighted by atomic mass is 10.2. The molecule has 0 spiro atoms. The molecule has 1 aliphatic heterocycles. The Morgan fingerprint density at radius 1 is 1.33 bits per heavy atom. The number of aliphatic carboxylic acids is 2. The van der Waals surface area contributed by atoms with Crippen LogP contribution in [0.3, 0.4) is 0 Å². The van der Waals surface area contributed by atoms with Crippen LogP contribution in [0.1, 0.15) is 25.7 Å². The SMILES string of the molecule is NC(=O)CC[C@H](N)C(=O)O.O=C(O)C1CCCN1. The topological polar surface area (TPSA) is 156 Å². The fourth-order valence-electron chi connectivity index (χ4n) is 1.32. The predicted molar refractivity (Wildman–Crippen MR) is 62.7 cm³/mol. The summed E-state index contributed by atoms with van der Waals surface area (Å²) in [6, 6.07) is -1.25. The molecule has 8 heteroatoms. The first kappa shape index (κ1) is 16.3. The highest BCUT2D eigenvalue weighted by atomic mass is 16.4. The number of nitrogens with one attached hydrogen (secondary N) is 1. The van der Waals surface area contributed by atoms with Gasteiger partial charge >= 0.3 is 11.9 Å². The average molecular weight is 261 g/mol. The van der Waals surface area contributed by atoms with Gasteiger partial charge in [0, 0.05) is 6.42 Å². The number of hydrogen-bond donors (Lipinski definition) is 5. The molecular weight excluding hydrogens is 242 g/mol. The minimum Gasteiger partial charge on any atom is -0.480 e. The Balaban J connectivity index is 0.000000327. The van der Waals surface area contributed by atoms with Crippen LogP contribution in [0.15, 0.2) is 0 Å². The van der Waals surface area contributed by atoms with E-state index >= 15 is 0 Å². The zero-order chi connectivity index (χ0) is 14.1. The van der Waals surface area contributed by atoms with Gasteiger partial charge < -0.3 is 27.0 Å². The third-order valence-corrected chi connectivity index (χ3v) is 2.38. The molecule has 1 amide bonds. The van der Waals surface area contributed by atoms with E-state index in [0.717, 1.165) is 19.4 Å². The van der Waals surface area contributed by atoms with E-state index in [0.29, 0.717) is 0 Å². The molecular formula is C10H19N3O5. The summed E-state index contributed by atoms with van der Waals surface area (Å²) in [5, 5.41) is 19.4. The Bertz CT molecular complexity index is 302. The van der Waals surface area contributed by atoms with Gasteiger partial charge in [-0.3, -0.25) is 14.4 Å². The molecule has 0 aromatic heterocycles. The van der Waals surface area contributed by atoms with Crippen molar-refractivity contribution in [2.24, 2.45) is 11.5 Å². The number of carboxylic acids is 2. The summed E-state index contributed by atoms with van der Waals surface area (Å²) in [6.07, 6.45) is 1.91. The number of primary amides is 1. The largest absolute Gasteiger partial charge is 0.480 e. The molecule has 104 valence electrons. The molecule has 1 heterocycles. The van der Waals surface area contributed by atoms with Crippen molar-refractivity contribution in [2.75, 3.05) is 6.54 Å².